The van der Waals surface area contributed by atoms with Gasteiger partial charge in [0.15, 0.2) is 5.41 Å². The molecule has 4 nitrogen and oxygen atoms in total. The molecule has 1 aliphatic carbocycles. The Labute approximate surface area is 144 Å². The fourth-order valence-electron chi connectivity index (χ4n) is 3.50. The van der Waals surface area contributed by atoms with Crippen molar-refractivity contribution in [1.82, 2.24) is 0 Å². The van der Waals surface area contributed by atoms with Crippen molar-refractivity contribution in [2.75, 3.05) is 6.61 Å². The predicted octanol–water partition coefficient (Wildman–Crippen LogP) is 4.36. The van der Waals surface area contributed by atoms with Gasteiger partial charge in [0.1, 0.15) is 0 Å². The zero-order chi connectivity index (χ0) is 17.4. The number of rotatable bonds is 6. The van der Waals surface area contributed by atoms with Crippen LogP contribution in [0.1, 0.15) is 68.9 Å². The summed E-state index contributed by atoms with van der Waals surface area (Å²) in [5.74, 6) is 0.0131. The molecule has 1 aromatic rings. The van der Waals surface area contributed by atoms with E-state index in [1.165, 1.54) is 37.7 Å². The Bertz CT molecular complexity index is 633. The molecule has 1 atom stereocenters. The van der Waals surface area contributed by atoms with Crippen molar-refractivity contribution in [2.24, 2.45) is 0 Å². The first-order chi connectivity index (χ1) is 11.7. The second-order valence-electron chi connectivity index (χ2n) is 6.35. The lowest BCUT2D eigenvalue weighted by atomic mass is 9.76. The molecule has 1 fully saturated rings. The second-order valence-corrected chi connectivity index (χ2v) is 6.35. The van der Waals surface area contributed by atoms with Crippen molar-refractivity contribution >= 4 is 5.97 Å². The Hall–Kier alpha value is -2.33. The van der Waals surface area contributed by atoms with Gasteiger partial charge in [-0.05, 0) is 43.2 Å². The monoisotopic (exact) mass is 324 g/mol. The number of hydrogen-bond donors (Lipinski definition) is 0. The highest BCUT2D eigenvalue weighted by molar-refractivity contribution is 5.86. The minimum Gasteiger partial charge on any atom is -0.465 e. The molecule has 1 aromatic carbocycles. The van der Waals surface area contributed by atoms with Crippen molar-refractivity contribution in [3.8, 4) is 12.1 Å². The van der Waals surface area contributed by atoms with Gasteiger partial charge in [0, 0.05) is 6.42 Å². The van der Waals surface area contributed by atoms with Crippen LogP contribution in [0, 0.1) is 22.7 Å². The number of benzene rings is 1. The summed E-state index contributed by atoms with van der Waals surface area (Å²) in [5, 5.41) is 18.6. The van der Waals surface area contributed by atoms with E-state index in [4.69, 9.17) is 10.00 Å². The first-order valence-corrected chi connectivity index (χ1v) is 8.73. The Balaban J connectivity index is 2.30. The molecule has 0 amide bonds. The average Bonchev–Trinajstić information content (AvgIpc) is 2.64. The second kappa shape index (κ2) is 8.50. The third kappa shape index (κ3) is 3.77. The SMILES string of the molecule is CCOC(=O)[C@@](C#N)(CCC#N)c1ccc(C2CCCCC2)cc1. The number of esters is 1. The van der Waals surface area contributed by atoms with Crippen molar-refractivity contribution in [1.29, 1.82) is 10.5 Å². The summed E-state index contributed by atoms with van der Waals surface area (Å²) < 4.78 is 5.13. The molecule has 0 spiro atoms. The molecular formula is C20H24N2O2. The zero-order valence-electron chi connectivity index (χ0n) is 14.3. The van der Waals surface area contributed by atoms with Crippen LogP contribution in [0.15, 0.2) is 24.3 Å². The lowest BCUT2D eigenvalue weighted by molar-refractivity contribution is -0.148. The van der Waals surface area contributed by atoms with Crippen molar-refractivity contribution in [3.05, 3.63) is 35.4 Å². The molecule has 0 unspecified atom stereocenters. The minimum absolute atomic E-state index is 0.136. The Kier molecular flexibility index (Phi) is 6.38. The first-order valence-electron chi connectivity index (χ1n) is 8.73. The standard InChI is InChI=1S/C20H24N2O2/c1-2-24-19(23)20(15-22,13-6-14-21)18-11-9-17(10-12-18)16-7-4-3-5-8-16/h9-12,16H,2-8,13H2,1H3/t20-/m1/s1. The highest BCUT2D eigenvalue weighted by Crippen LogP contribution is 2.35. The topological polar surface area (TPSA) is 73.9 Å². The molecule has 126 valence electrons. The molecule has 24 heavy (non-hydrogen) atoms. The summed E-state index contributed by atoms with van der Waals surface area (Å²) in [5.41, 5.74) is 0.504. The molecule has 0 radical (unpaired) electrons. The molecule has 1 aliphatic rings. The smallest absolute Gasteiger partial charge is 0.331 e. The van der Waals surface area contributed by atoms with Crippen LogP contribution < -0.4 is 0 Å². The van der Waals surface area contributed by atoms with Crippen molar-refractivity contribution in [2.45, 2.75) is 63.2 Å². The van der Waals surface area contributed by atoms with Gasteiger partial charge >= 0.3 is 5.97 Å². The molecule has 0 N–H and O–H groups in total. The van der Waals surface area contributed by atoms with Crippen LogP contribution in [0.5, 0.6) is 0 Å². The summed E-state index contributed by atoms with van der Waals surface area (Å²) in [6.07, 6.45) is 6.53. The number of carbonyl (C=O) groups excluding carboxylic acids is 1. The van der Waals surface area contributed by atoms with Crippen LogP contribution in [-0.2, 0) is 14.9 Å². The van der Waals surface area contributed by atoms with Gasteiger partial charge in [0.05, 0.1) is 18.7 Å². The van der Waals surface area contributed by atoms with Crippen LogP contribution in [0.2, 0.25) is 0 Å². The van der Waals surface area contributed by atoms with E-state index in [0.29, 0.717) is 11.5 Å². The van der Waals surface area contributed by atoms with E-state index in [1.54, 1.807) is 6.92 Å². The Morgan fingerprint density at radius 3 is 2.42 bits per heavy atom. The van der Waals surface area contributed by atoms with Gasteiger partial charge < -0.3 is 4.74 Å². The van der Waals surface area contributed by atoms with E-state index in [9.17, 15) is 10.1 Å². The number of hydrogen-bond acceptors (Lipinski definition) is 4. The van der Waals surface area contributed by atoms with Crippen LogP contribution in [0.3, 0.4) is 0 Å². The summed E-state index contributed by atoms with van der Waals surface area (Å²) in [6, 6.07) is 11.9. The number of nitriles is 2. The predicted molar refractivity (Wildman–Crippen MR) is 91.0 cm³/mol. The summed E-state index contributed by atoms with van der Waals surface area (Å²) in [4.78, 5) is 12.4. The molecule has 1 saturated carbocycles. The van der Waals surface area contributed by atoms with Crippen LogP contribution in [-0.4, -0.2) is 12.6 Å². The van der Waals surface area contributed by atoms with Gasteiger partial charge in [0.25, 0.3) is 0 Å². The minimum atomic E-state index is -1.39. The highest BCUT2D eigenvalue weighted by atomic mass is 16.5. The first kappa shape index (κ1) is 18.0. The third-order valence-electron chi connectivity index (χ3n) is 4.91. The quantitative estimate of drug-likeness (QED) is 0.729. The normalized spacial score (nSPS) is 17.3. The maximum atomic E-state index is 12.4. The van der Waals surface area contributed by atoms with Crippen LogP contribution in [0.4, 0.5) is 0 Å². The van der Waals surface area contributed by atoms with Gasteiger partial charge in [-0.15, -0.1) is 0 Å². The summed E-state index contributed by atoms with van der Waals surface area (Å²) >= 11 is 0. The van der Waals surface area contributed by atoms with Crippen molar-refractivity contribution < 1.29 is 9.53 Å². The lowest BCUT2D eigenvalue weighted by Gasteiger charge is -2.26. The van der Waals surface area contributed by atoms with Crippen LogP contribution in [0.25, 0.3) is 0 Å². The Morgan fingerprint density at radius 2 is 1.88 bits per heavy atom. The molecule has 2 rings (SSSR count). The van der Waals surface area contributed by atoms with Gasteiger partial charge in [-0.25, -0.2) is 4.79 Å². The maximum Gasteiger partial charge on any atom is 0.331 e. The fourth-order valence-corrected chi connectivity index (χ4v) is 3.50. The van der Waals surface area contributed by atoms with Gasteiger partial charge in [0.2, 0.25) is 0 Å². The summed E-state index contributed by atoms with van der Waals surface area (Å²) in [6.45, 7) is 1.94. The fraction of sp³-hybridized carbons (Fsp3) is 0.550. The van der Waals surface area contributed by atoms with Gasteiger partial charge in [-0.2, -0.15) is 10.5 Å². The molecule has 0 bridgehead atoms. The van der Waals surface area contributed by atoms with E-state index in [1.807, 2.05) is 30.3 Å². The lowest BCUT2D eigenvalue weighted by Crippen LogP contribution is -2.36. The molecule has 0 heterocycles. The van der Waals surface area contributed by atoms with Crippen LogP contribution >= 0.6 is 0 Å². The number of carbonyl (C=O) groups is 1. The van der Waals surface area contributed by atoms with E-state index in [2.05, 4.69) is 6.07 Å². The molecule has 0 aliphatic heterocycles. The molecule has 0 aromatic heterocycles. The van der Waals surface area contributed by atoms with E-state index < -0.39 is 11.4 Å². The average molecular weight is 324 g/mol. The number of ether oxygens (including phenoxy) is 1. The molecular weight excluding hydrogens is 300 g/mol. The zero-order valence-corrected chi connectivity index (χ0v) is 14.3. The van der Waals surface area contributed by atoms with E-state index in [-0.39, 0.29) is 19.4 Å². The van der Waals surface area contributed by atoms with E-state index >= 15 is 0 Å². The van der Waals surface area contributed by atoms with Gasteiger partial charge in [-0.3, -0.25) is 0 Å². The highest BCUT2D eigenvalue weighted by Gasteiger charge is 2.42. The van der Waals surface area contributed by atoms with E-state index in [0.717, 1.165) is 0 Å². The van der Waals surface area contributed by atoms with Crippen molar-refractivity contribution in [3.63, 3.8) is 0 Å². The summed E-state index contributed by atoms with van der Waals surface area (Å²) in [7, 11) is 0. The number of nitrogens with zero attached hydrogens (tertiary/aromatic N) is 2. The Morgan fingerprint density at radius 1 is 1.21 bits per heavy atom. The van der Waals surface area contributed by atoms with Gasteiger partial charge in [-0.1, -0.05) is 43.5 Å². The largest absolute Gasteiger partial charge is 0.465 e. The molecule has 4 heteroatoms. The maximum absolute atomic E-state index is 12.4. The third-order valence-corrected chi connectivity index (χ3v) is 4.91. The molecule has 0 saturated heterocycles.